The van der Waals surface area contributed by atoms with Gasteiger partial charge in [0.05, 0.1) is 18.8 Å². The molecule has 4 rings (SSSR count). The summed E-state index contributed by atoms with van der Waals surface area (Å²) in [6.45, 7) is -0.202. The minimum atomic E-state index is -0.610. The lowest BCUT2D eigenvalue weighted by Crippen LogP contribution is -2.52. The topological polar surface area (TPSA) is 105 Å². The van der Waals surface area contributed by atoms with Crippen molar-refractivity contribution < 1.29 is 23.8 Å². The van der Waals surface area contributed by atoms with Gasteiger partial charge >= 0.3 is 0 Å². The van der Waals surface area contributed by atoms with Crippen LogP contribution in [0.2, 0.25) is 0 Å². The zero-order chi connectivity index (χ0) is 22.5. The van der Waals surface area contributed by atoms with Gasteiger partial charge < -0.3 is 20.1 Å². The molecule has 3 aromatic rings. The molecule has 9 heteroatoms. The van der Waals surface area contributed by atoms with Gasteiger partial charge in [0.1, 0.15) is 24.2 Å². The summed E-state index contributed by atoms with van der Waals surface area (Å²) in [5, 5.41) is 12.8. The third-order valence-corrected chi connectivity index (χ3v) is 5.20. The van der Waals surface area contributed by atoms with E-state index < -0.39 is 12.1 Å². The molecule has 1 saturated heterocycles. The monoisotopic (exact) mass is 436 g/mol. The molecule has 0 aliphatic carbocycles. The SMILES string of the molecule is O=C(Nc1ccc([C@H]2OCC(=O)N(Cc3ccc(F)cc3)[C@@H]2CO)cc1)c1cnccn1. The molecule has 8 nitrogen and oxygen atoms in total. The van der Waals surface area contributed by atoms with Gasteiger partial charge in [-0.2, -0.15) is 0 Å². The molecular weight excluding hydrogens is 415 g/mol. The van der Waals surface area contributed by atoms with Gasteiger partial charge in [0.2, 0.25) is 5.91 Å². The van der Waals surface area contributed by atoms with Crippen LogP contribution in [0.1, 0.15) is 27.7 Å². The van der Waals surface area contributed by atoms with Crippen LogP contribution < -0.4 is 5.32 Å². The molecule has 0 radical (unpaired) electrons. The lowest BCUT2D eigenvalue weighted by Gasteiger charge is -2.40. The van der Waals surface area contributed by atoms with Gasteiger partial charge in [-0.25, -0.2) is 9.37 Å². The maximum absolute atomic E-state index is 13.2. The second-order valence-corrected chi connectivity index (χ2v) is 7.30. The zero-order valence-electron chi connectivity index (χ0n) is 17.0. The number of halogens is 1. The van der Waals surface area contributed by atoms with Gasteiger partial charge in [0.15, 0.2) is 0 Å². The van der Waals surface area contributed by atoms with Crippen LogP contribution in [0.15, 0.2) is 67.1 Å². The van der Waals surface area contributed by atoms with E-state index in [1.54, 1.807) is 41.3 Å². The maximum Gasteiger partial charge on any atom is 0.275 e. The molecule has 0 saturated carbocycles. The molecule has 1 aliphatic rings. The lowest BCUT2D eigenvalue weighted by molar-refractivity contribution is -0.162. The Morgan fingerprint density at radius 3 is 2.56 bits per heavy atom. The molecule has 164 valence electrons. The summed E-state index contributed by atoms with van der Waals surface area (Å²) in [5.74, 6) is -0.994. The number of aliphatic hydroxyl groups is 1. The third-order valence-electron chi connectivity index (χ3n) is 5.20. The summed E-state index contributed by atoms with van der Waals surface area (Å²) in [5.41, 5.74) is 2.25. The number of nitrogens with zero attached hydrogens (tertiary/aromatic N) is 3. The van der Waals surface area contributed by atoms with Crippen LogP contribution in [0.5, 0.6) is 0 Å². The summed E-state index contributed by atoms with van der Waals surface area (Å²) < 4.78 is 18.9. The van der Waals surface area contributed by atoms with E-state index >= 15 is 0 Å². The number of carbonyl (C=O) groups excluding carboxylic acids is 2. The van der Waals surface area contributed by atoms with Gasteiger partial charge in [-0.05, 0) is 35.4 Å². The predicted molar refractivity (Wildman–Crippen MR) is 113 cm³/mol. The number of hydrogen-bond acceptors (Lipinski definition) is 6. The highest BCUT2D eigenvalue weighted by Crippen LogP contribution is 2.31. The number of benzene rings is 2. The number of anilines is 1. The number of amides is 2. The molecule has 1 aliphatic heterocycles. The van der Waals surface area contributed by atoms with Crippen LogP contribution in [0.25, 0.3) is 0 Å². The van der Waals surface area contributed by atoms with E-state index in [2.05, 4.69) is 15.3 Å². The van der Waals surface area contributed by atoms with Gasteiger partial charge in [0.25, 0.3) is 5.91 Å². The van der Waals surface area contributed by atoms with Crippen LogP contribution in [0.4, 0.5) is 10.1 Å². The molecule has 2 aromatic carbocycles. The number of carbonyl (C=O) groups is 2. The van der Waals surface area contributed by atoms with E-state index in [-0.39, 0.29) is 43.1 Å². The van der Waals surface area contributed by atoms with Gasteiger partial charge in [-0.3, -0.25) is 14.6 Å². The molecule has 2 N–H and O–H groups in total. The highest BCUT2D eigenvalue weighted by Gasteiger charge is 2.37. The largest absolute Gasteiger partial charge is 0.394 e. The van der Waals surface area contributed by atoms with Gasteiger partial charge in [-0.15, -0.1) is 0 Å². The molecule has 32 heavy (non-hydrogen) atoms. The van der Waals surface area contributed by atoms with Crippen molar-refractivity contribution in [1.82, 2.24) is 14.9 Å². The van der Waals surface area contributed by atoms with E-state index in [1.165, 1.54) is 30.7 Å². The lowest BCUT2D eigenvalue weighted by atomic mass is 9.98. The van der Waals surface area contributed by atoms with E-state index in [1.807, 2.05) is 0 Å². The number of aliphatic hydroxyl groups excluding tert-OH is 1. The van der Waals surface area contributed by atoms with E-state index in [9.17, 15) is 19.1 Å². The van der Waals surface area contributed by atoms with Crippen molar-refractivity contribution in [2.24, 2.45) is 0 Å². The normalized spacial score (nSPS) is 18.4. The van der Waals surface area contributed by atoms with Crippen molar-refractivity contribution in [3.63, 3.8) is 0 Å². The van der Waals surface area contributed by atoms with Crippen LogP contribution in [0.3, 0.4) is 0 Å². The van der Waals surface area contributed by atoms with Crippen LogP contribution in [0, 0.1) is 5.82 Å². The second kappa shape index (κ2) is 9.63. The smallest absolute Gasteiger partial charge is 0.275 e. The molecule has 0 spiro atoms. The van der Waals surface area contributed by atoms with Crippen LogP contribution in [-0.2, 0) is 16.1 Å². The fraction of sp³-hybridized carbons (Fsp3) is 0.217. The first-order valence-electron chi connectivity index (χ1n) is 9.99. The molecule has 2 amide bonds. The fourth-order valence-corrected chi connectivity index (χ4v) is 3.58. The summed E-state index contributed by atoms with van der Waals surface area (Å²) in [6, 6.07) is 12.2. The first-order chi connectivity index (χ1) is 15.5. The standard InChI is InChI=1S/C23H21FN4O4/c24-17-5-1-15(2-6-17)12-28-20(13-29)22(32-14-21(28)30)16-3-7-18(8-4-16)27-23(31)19-11-25-9-10-26-19/h1-11,20,22,29H,12-14H2,(H,27,31)/t20-,22-/m1/s1. The number of morpholine rings is 1. The van der Waals surface area contributed by atoms with Crippen molar-refractivity contribution in [3.8, 4) is 0 Å². The third kappa shape index (κ3) is 4.79. The van der Waals surface area contributed by atoms with Crippen LogP contribution >= 0.6 is 0 Å². The van der Waals surface area contributed by atoms with Crippen molar-refractivity contribution >= 4 is 17.5 Å². The molecule has 2 atom stereocenters. The predicted octanol–water partition coefficient (Wildman–Crippen LogP) is 2.33. The Kier molecular flexibility index (Phi) is 6.48. The average molecular weight is 436 g/mol. The Hall–Kier alpha value is -3.69. The Morgan fingerprint density at radius 2 is 1.91 bits per heavy atom. The maximum atomic E-state index is 13.2. The zero-order valence-corrected chi connectivity index (χ0v) is 17.0. The van der Waals surface area contributed by atoms with E-state index in [0.29, 0.717) is 5.69 Å². The van der Waals surface area contributed by atoms with Crippen molar-refractivity contribution in [2.45, 2.75) is 18.7 Å². The first kappa shape index (κ1) is 21.5. The summed E-state index contributed by atoms with van der Waals surface area (Å²) in [4.78, 5) is 34.1. The highest BCUT2D eigenvalue weighted by molar-refractivity contribution is 6.02. The quantitative estimate of drug-likeness (QED) is 0.615. The molecule has 1 fully saturated rings. The number of ether oxygens (including phenoxy) is 1. The van der Waals surface area contributed by atoms with Crippen molar-refractivity contribution in [2.75, 3.05) is 18.5 Å². The Balaban J connectivity index is 1.48. The van der Waals surface area contributed by atoms with Crippen LogP contribution in [-0.4, -0.2) is 51.0 Å². The summed E-state index contributed by atoms with van der Waals surface area (Å²) >= 11 is 0. The molecule has 0 unspecified atom stereocenters. The fourth-order valence-electron chi connectivity index (χ4n) is 3.58. The Bertz CT molecular complexity index is 1080. The first-order valence-corrected chi connectivity index (χ1v) is 9.99. The summed E-state index contributed by atoms with van der Waals surface area (Å²) in [6.07, 6.45) is 3.74. The molecular formula is C23H21FN4O4. The molecule has 0 bridgehead atoms. The Morgan fingerprint density at radius 1 is 1.16 bits per heavy atom. The van der Waals surface area contributed by atoms with Gasteiger partial charge in [-0.1, -0.05) is 24.3 Å². The van der Waals surface area contributed by atoms with E-state index in [0.717, 1.165) is 11.1 Å². The van der Waals surface area contributed by atoms with E-state index in [4.69, 9.17) is 4.74 Å². The molecule has 2 heterocycles. The molecule has 1 aromatic heterocycles. The Labute approximate surface area is 183 Å². The van der Waals surface area contributed by atoms with Crippen molar-refractivity contribution in [1.29, 1.82) is 0 Å². The number of hydrogen-bond donors (Lipinski definition) is 2. The van der Waals surface area contributed by atoms with Crippen molar-refractivity contribution in [3.05, 3.63) is 89.8 Å². The number of nitrogens with one attached hydrogen (secondary N) is 1. The minimum absolute atomic E-state index is 0.131. The second-order valence-electron chi connectivity index (χ2n) is 7.30. The minimum Gasteiger partial charge on any atom is -0.394 e. The highest BCUT2D eigenvalue weighted by atomic mass is 19.1. The summed E-state index contributed by atoms with van der Waals surface area (Å²) in [7, 11) is 0. The number of aromatic nitrogens is 2. The number of rotatable bonds is 6. The van der Waals surface area contributed by atoms with Gasteiger partial charge in [0, 0.05) is 24.6 Å². The average Bonchev–Trinajstić information content (AvgIpc) is 2.82.